The van der Waals surface area contributed by atoms with Gasteiger partial charge in [0.2, 0.25) is 11.5 Å². The molecule has 0 unspecified atom stereocenters. The van der Waals surface area contributed by atoms with E-state index in [2.05, 4.69) is 4.98 Å². The first-order valence-corrected chi connectivity index (χ1v) is 11.2. The van der Waals surface area contributed by atoms with Gasteiger partial charge in [-0.3, -0.25) is 4.98 Å². The summed E-state index contributed by atoms with van der Waals surface area (Å²) in [7, 11) is 2.89. The van der Waals surface area contributed by atoms with Crippen LogP contribution in [0.5, 0.6) is 23.0 Å². The van der Waals surface area contributed by atoms with Gasteiger partial charge in [-0.15, -0.1) is 0 Å². The van der Waals surface area contributed by atoms with Gasteiger partial charge in [0.1, 0.15) is 0 Å². The second kappa shape index (κ2) is 13.6. The number of hydrogen-bond acceptors (Lipinski definition) is 7. The van der Waals surface area contributed by atoms with Gasteiger partial charge in [-0.25, -0.2) is 4.79 Å². The summed E-state index contributed by atoms with van der Waals surface area (Å²) >= 11 is 0. The number of unbranched alkanes of at least 4 members (excludes halogenated alkanes) is 7. The molecule has 0 aliphatic heterocycles. The maximum Gasteiger partial charge on any atom is 0.345 e. The third kappa shape index (κ3) is 6.85. The molecule has 1 aromatic carbocycles. The Morgan fingerprint density at radius 3 is 2.12 bits per heavy atom. The van der Waals surface area contributed by atoms with Gasteiger partial charge in [0.15, 0.2) is 11.5 Å². The smallest absolute Gasteiger partial charge is 0.345 e. The summed E-state index contributed by atoms with van der Waals surface area (Å²) in [5.41, 5.74) is 1.67. The largest absolute Gasteiger partial charge is 0.504 e. The van der Waals surface area contributed by atoms with E-state index in [0.717, 1.165) is 44.9 Å². The van der Waals surface area contributed by atoms with E-state index in [4.69, 9.17) is 19.3 Å². The van der Waals surface area contributed by atoms with Crippen LogP contribution in [0.15, 0.2) is 24.5 Å². The molecule has 2 rings (SSSR count). The molecule has 7 nitrogen and oxygen atoms in total. The number of phenolic OH excluding ortho intramolecular Hbond substituents is 1. The van der Waals surface area contributed by atoms with Crippen LogP contribution in [0, 0.1) is 6.92 Å². The molecule has 0 saturated carbocycles. The third-order valence-corrected chi connectivity index (χ3v) is 5.54. The maximum absolute atomic E-state index is 12.6. The standard InChI is InChI=1S/C25H35NO6/c1-18-20(14-10-8-6-4-5-7-9-11-16-27)21(28)23(30-2)24(31-3)22(18)32-25(29)19-13-12-15-26-17-19/h12-13,15,17,27-28H,4-11,14,16H2,1-3H3. The van der Waals surface area contributed by atoms with Gasteiger partial charge in [0, 0.05) is 30.1 Å². The Hall–Kier alpha value is -2.80. The lowest BCUT2D eigenvalue weighted by Gasteiger charge is -2.20. The molecule has 0 aliphatic rings. The number of aromatic nitrogens is 1. The zero-order chi connectivity index (χ0) is 23.3. The Labute approximate surface area is 190 Å². The number of aliphatic hydroxyl groups excluding tert-OH is 1. The van der Waals surface area contributed by atoms with Crippen LogP contribution in [0.2, 0.25) is 0 Å². The number of phenols is 1. The molecule has 2 N–H and O–H groups in total. The molecule has 0 atom stereocenters. The van der Waals surface area contributed by atoms with E-state index in [-0.39, 0.29) is 29.6 Å². The predicted molar refractivity (Wildman–Crippen MR) is 123 cm³/mol. The summed E-state index contributed by atoms with van der Waals surface area (Å²) in [5.74, 6) is 0.0543. The van der Waals surface area contributed by atoms with Crippen LogP contribution in [0.4, 0.5) is 0 Å². The molecule has 1 heterocycles. The first kappa shape index (κ1) is 25.5. The van der Waals surface area contributed by atoms with Crippen molar-refractivity contribution in [2.75, 3.05) is 20.8 Å². The number of carbonyl (C=O) groups is 1. The van der Waals surface area contributed by atoms with Gasteiger partial charge in [0.05, 0.1) is 19.8 Å². The SMILES string of the molecule is COc1c(O)c(CCCCCCCCCCO)c(C)c(OC(=O)c2cccnc2)c1OC. The lowest BCUT2D eigenvalue weighted by molar-refractivity contribution is 0.0726. The average molecular weight is 446 g/mol. The van der Waals surface area contributed by atoms with Crippen LogP contribution in [0.3, 0.4) is 0 Å². The van der Waals surface area contributed by atoms with Crippen molar-refractivity contribution in [1.82, 2.24) is 4.98 Å². The Balaban J connectivity index is 2.10. The Morgan fingerprint density at radius 2 is 1.56 bits per heavy atom. The van der Waals surface area contributed by atoms with Crippen molar-refractivity contribution in [3.63, 3.8) is 0 Å². The van der Waals surface area contributed by atoms with E-state index in [1.54, 1.807) is 18.3 Å². The highest BCUT2D eigenvalue weighted by molar-refractivity contribution is 5.91. The van der Waals surface area contributed by atoms with E-state index in [1.807, 2.05) is 6.92 Å². The predicted octanol–water partition coefficient (Wildman–Crippen LogP) is 4.99. The van der Waals surface area contributed by atoms with Gasteiger partial charge < -0.3 is 24.4 Å². The highest BCUT2D eigenvalue weighted by Crippen LogP contribution is 2.49. The second-order valence-electron chi connectivity index (χ2n) is 7.78. The molecule has 0 bridgehead atoms. The normalized spacial score (nSPS) is 10.8. The van der Waals surface area contributed by atoms with Crippen molar-refractivity contribution in [3.8, 4) is 23.0 Å². The van der Waals surface area contributed by atoms with Gasteiger partial charge >= 0.3 is 5.97 Å². The van der Waals surface area contributed by atoms with Crippen LogP contribution < -0.4 is 14.2 Å². The Bertz CT molecular complexity index is 854. The number of carbonyl (C=O) groups excluding carboxylic acids is 1. The van der Waals surface area contributed by atoms with Crippen molar-refractivity contribution in [1.29, 1.82) is 0 Å². The first-order chi connectivity index (χ1) is 15.5. The number of rotatable bonds is 14. The molecule has 0 saturated heterocycles. The first-order valence-electron chi connectivity index (χ1n) is 11.2. The summed E-state index contributed by atoms with van der Waals surface area (Å²) in [6, 6.07) is 3.29. The Morgan fingerprint density at radius 1 is 0.938 bits per heavy atom. The summed E-state index contributed by atoms with van der Waals surface area (Å²) in [5, 5.41) is 19.6. The maximum atomic E-state index is 12.6. The van der Waals surface area contributed by atoms with Crippen molar-refractivity contribution in [2.45, 2.75) is 64.7 Å². The lowest BCUT2D eigenvalue weighted by Crippen LogP contribution is -2.12. The quantitative estimate of drug-likeness (QED) is 0.240. The third-order valence-electron chi connectivity index (χ3n) is 5.54. The molecule has 0 aliphatic carbocycles. The molecule has 7 heteroatoms. The topological polar surface area (TPSA) is 98.1 Å². The van der Waals surface area contributed by atoms with Gasteiger partial charge in [-0.2, -0.15) is 0 Å². The molecule has 0 fully saturated rings. The number of hydrogen-bond donors (Lipinski definition) is 2. The fourth-order valence-electron chi connectivity index (χ4n) is 3.75. The van der Waals surface area contributed by atoms with E-state index >= 15 is 0 Å². The highest BCUT2D eigenvalue weighted by Gasteiger charge is 2.26. The lowest BCUT2D eigenvalue weighted by atomic mass is 9.98. The minimum absolute atomic E-state index is 0.0204. The van der Waals surface area contributed by atoms with Crippen LogP contribution >= 0.6 is 0 Å². The van der Waals surface area contributed by atoms with Crippen LogP contribution in [-0.4, -0.2) is 42.0 Å². The van der Waals surface area contributed by atoms with Crippen LogP contribution in [-0.2, 0) is 6.42 Å². The molecule has 0 amide bonds. The molecule has 2 aromatic rings. The molecule has 0 spiro atoms. The summed E-state index contributed by atoms with van der Waals surface area (Å²) in [6.45, 7) is 2.08. The van der Waals surface area contributed by atoms with Crippen molar-refractivity contribution in [3.05, 3.63) is 41.2 Å². The molecule has 176 valence electrons. The number of nitrogens with zero attached hydrogens (tertiary/aromatic N) is 1. The van der Waals surface area contributed by atoms with E-state index < -0.39 is 5.97 Å². The highest BCUT2D eigenvalue weighted by atomic mass is 16.6. The molecule has 0 radical (unpaired) electrons. The summed E-state index contributed by atoms with van der Waals surface area (Å²) in [4.78, 5) is 16.6. The van der Waals surface area contributed by atoms with Crippen LogP contribution in [0.1, 0.15) is 72.9 Å². The van der Waals surface area contributed by atoms with E-state index in [1.165, 1.54) is 26.8 Å². The second-order valence-corrected chi connectivity index (χ2v) is 7.78. The minimum atomic E-state index is -0.556. The monoisotopic (exact) mass is 445 g/mol. The number of aliphatic hydroxyl groups is 1. The average Bonchev–Trinajstić information content (AvgIpc) is 2.81. The minimum Gasteiger partial charge on any atom is -0.504 e. The van der Waals surface area contributed by atoms with Gasteiger partial charge in [-0.05, 0) is 38.3 Å². The zero-order valence-corrected chi connectivity index (χ0v) is 19.4. The number of methoxy groups -OCH3 is 2. The Kier molecular flexibility index (Phi) is 10.8. The van der Waals surface area contributed by atoms with E-state index in [0.29, 0.717) is 23.1 Å². The number of ether oxygens (including phenoxy) is 3. The fraction of sp³-hybridized carbons (Fsp3) is 0.520. The number of esters is 1. The fourth-order valence-corrected chi connectivity index (χ4v) is 3.75. The van der Waals surface area contributed by atoms with Crippen molar-refractivity contribution >= 4 is 5.97 Å². The zero-order valence-electron chi connectivity index (χ0n) is 19.4. The molecule has 1 aromatic heterocycles. The van der Waals surface area contributed by atoms with Gasteiger partial charge in [-0.1, -0.05) is 38.5 Å². The molecule has 32 heavy (non-hydrogen) atoms. The number of aromatic hydroxyl groups is 1. The summed E-state index contributed by atoms with van der Waals surface area (Å²) in [6.07, 6.45) is 12.2. The van der Waals surface area contributed by atoms with Gasteiger partial charge in [0.25, 0.3) is 0 Å². The molecular weight excluding hydrogens is 410 g/mol. The van der Waals surface area contributed by atoms with Crippen LogP contribution in [0.25, 0.3) is 0 Å². The van der Waals surface area contributed by atoms with Crippen molar-refractivity contribution < 1.29 is 29.2 Å². The number of pyridine rings is 1. The molecular formula is C25H35NO6. The summed E-state index contributed by atoms with van der Waals surface area (Å²) < 4.78 is 16.5. The van der Waals surface area contributed by atoms with E-state index in [9.17, 15) is 9.90 Å². The number of benzene rings is 1. The van der Waals surface area contributed by atoms with Crippen molar-refractivity contribution in [2.24, 2.45) is 0 Å².